The third-order valence-corrected chi connectivity index (χ3v) is 6.47. The average molecular weight is 455 g/mol. The van der Waals surface area contributed by atoms with Crippen LogP contribution < -0.4 is 9.64 Å². The normalized spacial score (nSPS) is 14.6. The Labute approximate surface area is 192 Å². The maximum absolute atomic E-state index is 11.9. The van der Waals surface area contributed by atoms with Gasteiger partial charge in [-0.05, 0) is 36.9 Å². The summed E-state index contributed by atoms with van der Waals surface area (Å²) < 4.78 is 14.0. The number of carbonyl (C=O) groups excluding carboxylic acids is 1. The van der Waals surface area contributed by atoms with Crippen LogP contribution in [0.1, 0.15) is 23.8 Å². The van der Waals surface area contributed by atoms with Crippen molar-refractivity contribution in [2.45, 2.75) is 19.9 Å². The second kappa shape index (κ2) is 10.7. The highest BCUT2D eigenvalue weighted by Gasteiger charge is 2.19. The lowest BCUT2D eigenvalue weighted by atomic mass is 10.2. The Morgan fingerprint density at radius 2 is 2.09 bits per heavy atom. The van der Waals surface area contributed by atoms with E-state index in [4.69, 9.17) is 9.47 Å². The number of hydrogen-bond acceptors (Lipinski definition) is 7. The summed E-state index contributed by atoms with van der Waals surface area (Å²) in [5.74, 6) is 0.137. The highest BCUT2D eigenvalue weighted by Crippen LogP contribution is 2.31. The van der Waals surface area contributed by atoms with E-state index in [2.05, 4.69) is 51.1 Å². The lowest BCUT2D eigenvalue weighted by Crippen LogP contribution is -2.46. The van der Waals surface area contributed by atoms with E-state index in [1.807, 2.05) is 0 Å². The minimum absolute atomic E-state index is 0.264. The first kappa shape index (κ1) is 22.4. The van der Waals surface area contributed by atoms with Crippen LogP contribution in [0.5, 0.6) is 5.88 Å². The number of thiophene rings is 1. The SMILES string of the molecule is C=CCn1nc(C(=O)OCC)cc1OCCCN1CCN(c2cccc3sccc23)CC1. The van der Waals surface area contributed by atoms with Crippen molar-refractivity contribution in [1.29, 1.82) is 0 Å². The zero-order valence-electron chi connectivity index (χ0n) is 18.5. The second-order valence-corrected chi connectivity index (χ2v) is 8.65. The zero-order valence-corrected chi connectivity index (χ0v) is 19.4. The molecule has 0 amide bonds. The second-order valence-electron chi connectivity index (χ2n) is 7.70. The van der Waals surface area contributed by atoms with Gasteiger partial charge in [-0.1, -0.05) is 12.1 Å². The largest absolute Gasteiger partial charge is 0.478 e. The van der Waals surface area contributed by atoms with Crippen LogP contribution in [-0.4, -0.2) is 66.6 Å². The lowest BCUT2D eigenvalue weighted by molar-refractivity contribution is 0.0518. The van der Waals surface area contributed by atoms with E-state index in [0.717, 1.165) is 39.1 Å². The van der Waals surface area contributed by atoms with Gasteiger partial charge in [0.05, 0.1) is 19.8 Å². The van der Waals surface area contributed by atoms with Gasteiger partial charge in [-0.3, -0.25) is 4.90 Å². The summed E-state index contributed by atoms with van der Waals surface area (Å²) in [6.45, 7) is 12.0. The van der Waals surface area contributed by atoms with Crippen molar-refractivity contribution in [3.8, 4) is 5.88 Å². The van der Waals surface area contributed by atoms with E-state index in [9.17, 15) is 4.79 Å². The number of rotatable bonds is 10. The van der Waals surface area contributed by atoms with Crippen LogP contribution in [0.3, 0.4) is 0 Å². The molecule has 7 nitrogen and oxygen atoms in total. The number of nitrogens with zero attached hydrogens (tertiary/aromatic N) is 4. The lowest BCUT2D eigenvalue weighted by Gasteiger charge is -2.36. The number of benzene rings is 1. The Morgan fingerprint density at radius 1 is 1.25 bits per heavy atom. The molecule has 0 saturated carbocycles. The van der Waals surface area contributed by atoms with Gasteiger partial charge < -0.3 is 14.4 Å². The predicted molar refractivity (Wildman–Crippen MR) is 129 cm³/mol. The molecule has 1 aliphatic heterocycles. The van der Waals surface area contributed by atoms with Crippen molar-refractivity contribution in [3.05, 3.63) is 54.1 Å². The highest BCUT2D eigenvalue weighted by molar-refractivity contribution is 7.17. The fourth-order valence-electron chi connectivity index (χ4n) is 4.00. The van der Waals surface area contributed by atoms with Crippen LogP contribution in [0.15, 0.2) is 48.4 Å². The molecule has 1 saturated heterocycles. The molecule has 0 unspecified atom stereocenters. The first-order chi connectivity index (χ1) is 15.7. The molecule has 0 aliphatic carbocycles. The number of esters is 1. The third kappa shape index (κ3) is 5.14. The first-order valence-corrected chi connectivity index (χ1v) is 12.0. The van der Waals surface area contributed by atoms with Crippen LogP contribution in [-0.2, 0) is 11.3 Å². The van der Waals surface area contributed by atoms with Crippen LogP contribution in [0.4, 0.5) is 5.69 Å². The summed E-state index contributed by atoms with van der Waals surface area (Å²) in [4.78, 5) is 16.9. The summed E-state index contributed by atoms with van der Waals surface area (Å²) >= 11 is 1.80. The molecule has 2 aromatic heterocycles. The highest BCUT2D eigenvalue weighted by atomic mass is 32.1. The van der Waals surface area contributed by atoms with Gasteiger partial charge in [0.1, 0.15) is 0 Å². The molecule has 1 aromatic carbocycles. The predicted octanol–water partition coefficient (Wildman–Crippen LogP) is 4.05. The van der Waals surface area contributed by atoms with Gasteiger partial charge in [-0.25, -0.2) is 9.48 Å². The van der Waals surface area contributed by atoms with Crippen LogP contribution in [0.25, 0.3) is 10.1 Å². The number of piperazine rings is 1. The Balaban J connectivity index is 1.24. The number of aromatic nitrogens is 2. The summed E-state index contributed by atoms with van der Waals surface area (Å²) in [7, 11) is 0. The molecule has 1 fully saturated rings. The number of hydrogen-bond donors (Lipinski definition) is 0. The molecular weight excluding hydrogens is 424 g/mol. The smallest absolute Gasteiger partial charge is 0.358 e. The Bertz CT molecular complexity index is 1050. The van der Waals surface area contributed by atoms with Gasteiger partial charge in [-0.2, -0.15) is 5.10 Å². The van der Waals surface area contributed by atoms with E-state index in [1.54, 1.807) is 35.1 Å². The molecule has 170 valence electrons. The molecule has 0 bridgehead atoms. The molecule has 3 aromatic rings. The Morgan fingerprint density at radius 3 is 2.88 bits per heavy atom. The van der Waals surface area contributed by atoms with E-state index in [0.29, 0.717) is 25.6 Å². The van der Waals surface area contributed by atoms with E-state index in [1.165, 1.54) is 15.8 Å². The molecule has 0 radical (unpaired) electrons. The fourth-order valence-corrected chi connectivity index (χ4v) is 4.81. The molecule has 4 rings (SSSR count). The van der Waals surface area contributed by atoms with Crippen molar-refractivity contribution in [3.63, 3.8) is 0 Å². The van der Waals surface area contributed by atoms with Crippen LogP contribution >= 0.6 is 11.3 Å². The minimum atomic E-state index is -0.434. The maximum atomic E-state index is 11.9. The first-order valence-electron chi connectivity index (χ1n) is 11.1. The van der Waals surface area contributed by atoms with E-state index >= 15 is 0 Å². The summed E-state index contributed by atoms with van der Waals surface area (Å²) in [5.41, 5.74) is 1.61. The molecule has 3 heterocycles. The molecule has 0 N–H and O–H groups in total. The maximum Gasteiger partial charge on any atom is 0.358 e. The van der Waals surface area contributed by atoms with Gasteiger partial charge in [0.15, 0.2) is 5.69 Å². The zero-order chi connectivity index (χ0) is 22.3. The quantitative estimate of drug-likeness (QED) is 0.262. The molecule has 0 spiro atoms. The number of allylic oxidation sites excluding steroid dienone is 1. The van der Waals surface area contributed by atoms with Crippen LogP contribution in [0.2, 0.25) is 0 Å². The number of anilines is 1. The van der Waals surface area contributed by atoms with Gasteiger partial charge in [0.2, 0.25) is 5.88 Å². The molecular formula is C24H30N4O3S. The summed E-state index contributed by atoms with van der Waals surface area (Å²) in [6, 6.07) is 10.4. The fraction of sp³-hybridized carbons (Fsp3) is 0.417. The molecule has 1 aliphatic rings. The number of ether oxygens (including phenoxy) is 2. The van der Waals surface area contributed by atoms with Crippen molar-refractivity contribution in [1.82, 2.24) is 14.7 Å². The standard InChI is InChI=1S/C24H30N4O3S/c1-3-10-28-23(18-20(25-28)24(29)30-4-2)31-16-6-11-26-12-14-27(15-13-26)21-7-5-8-22-19(21)9-17-32-22/h3,5,7-9,17-18H,1,4,6,10-16H2,2H3. The average Bonchev–Trinajstić information content (AvgIpc) is 3.45. The summed E-state index contributed by atoms with van der Waals surface area (Å²) in [6.07, 6.45) is 2.64. The van der Waals surface area contributed by atoms with E-state index in [-0.39, 0.29) is 5.69 Å². The molecule has 32 heavy (non-hydrogen) atoms. The summed E-state index contributed by atoms with van der Waals surface area (Å²) in [5, 5.41) is 7.80. The van der Waals surface area contributed by atoms with Crippen molar-refractivity contribution in [2.75, 3.05) is 50.8 Å². The third-order valence-electron chi connectivity index (χ3n) is 5.58. The molecule has 8 heteroatoms. The minimum Gasteiger partial charge on any atom is -0.478 e. The number of carbonyl (C=O) groups is 1. The van der Waals surface area contributed by atoms with Gasteiger partial charge in [0, 0.05) is 54.6 Å². The Hall–Kier alpha value is -2.84. The van der Waals surface area contributed by atoms with Crippen LogP contribution in [0, 0.1) is 0 Å². The Kier molecular flexibility index (Phi) is 7.44. The monoisotopic (exact) mass is 454 g/mol. The van der Waals surface area contributed by atoms with Gasteiger partial charge in [0.25, 0.3) is 0 Å². The van der Waals surface area contributed by atoms with Gasteiger partial charge in [-0.15, -0.1) is 17.9 Å². The van der Waals surface area contributed by atoms with Gasteiger partial charge >= 0.3 is 5.97 Å². The molecule has 0 atom stereocenters. The topological polar surface area (TPSA) is 59.8 Å². The number of fused-ring (bicyclic) bond motifs is 1. The van der Waals surface area contributed by atoms with Crippen molar-refractivity contribution < 1.29 is 14.3 Å². The van der Waals surface area contributed by atoms with Crippen molar-refractivity contribution >= 4 is 33.1 Å². The van der Waals surface area contributed by atoms with E-state index < -0.39 is 5.97 Å². The van der Waals surface area contributed by atoms with Crippen molar-refractivity contribution in [2.24, 2.45) is 0 Å².